The first-order valence-electron chi connectivity index (χ1n) is 10.6. The monoisotopic (exact) mass is 461 g/mol. The molecule has 174 valence electrons. The highest BCUT2D eigenvalue weighted by Crippen LogP contribution is 2.44. The van der Waals surface area contributed by atoms with Gasteiger partial charge in [-0.2, -0.15) is 0 Å². The van der Waals surface area contributed by atoms with Gasteiger partial charge in [0.1, 0.15) is 12.6 Å². The molecule has 4 rings (SSSR count). The van der Waals surface area contributed by atoms with Crippen LogP contribution in [0.2, 0.25) is 0 Å². The van der Waals surface area contributed by atoms with Crippen molar-refractivity contribution in [1.82, 2.24) is 10.3 Å². The molecule has 1 aliphatic rings. The topological polar surface area (TPSA) is 127 Å². The Hall–Kier alpha value is -4.40. The summed E-state index contributed by atoms with van der Waals surface area (Å²) in [4.78, 5) is 40.4. The molecule has 0 spiro atoms. The molecule has 1 heterocycles. The Labute approximate surface area is 195 Å². The molecule has 3 aromatic rings. The second kappa shape index (κ2) is 10.0. The fraction of sp³-hybridized carbons (Fsp3) is 0.200. The highest BCUT2D eigenvalue weighted by atomic mass is 16.5. The van der Waals surface area contributed by atoms with Crippen molar-refractivity contribution in [3.05, 3.63) is 78.0 Å². The summed E-state index contributed by atoms with van der Waals surface area (Å²) in [6, 6.07) is 17.6. The Bertz CT molecular complexity index is 1170. The lowest BCUT2D eigenvalue weighted by Crippen LogP contribution is -2.45. The van der Waals surface area contributed by atoms with Crippen LogP contribution in [0.15, 0.2) is 66.9 Å². The van der Waals surface area contributed by atoms with Crippen molar-refractivity contribution >= 4 is 23.7 Å². The fourth-order valence-corrected chi connectivity index (χ4v) is 3.97. The molecular weight excluding hydrogens is 438 g/mol. The highest BCUT2D eigenvalue weighted by molar-refractivity contribution is 5.98. The zero-order chi connectivity index (χ0) is 24.1. The summed E-state index contributed by atoms with van der Waals surface area (Å²) in [6.07, 6.45) is -0.127. The Morgan fingerprint density at radius 2 is 1.65 bits per heavy atom. The molecule has 1 aliphatic carbocycles. The molecule has 0 fully saturated rings. The predicted octanol–water partition coefficient (Wildman–Crippen LogP) is 3.41. The number of carboxylic acid groups (broad SMARTS) is 1. The van der Waals surface area contributed by atoms with Gasteiger partial charge in [0, 0.05) is 12.0 Å². The van der Waals surface area contributed by atoms with Crippen molar-refractivity contribution in [2.45, 2.75) is 18.4 Å². The zero-order valence-electron chi connectivity index (χ0n) is 18.4. The number of amides is 2. The number of aromatic nitrogens is 1. The van der Waals surface area contributed by atoms with E-state index in [9.17, 15) is 19.5 Å². The molecule has 1 atom stereocenters. The molecule has 0 saturated heterocycles. The van der Waals surface area contributed by atoms with Crippen molar-refractivity contribution in [2.24, 2.45) is 0 Å². The molecule has 1 unspecified atom stereocenters. The molecule has 34 heavy (non-hydrogen) atoms. The number of carbonyl (C=O) groups excluding carboxylic acids is 2. The van der Waals surface area contributed by atoms with Gasteiger partial charge in [0.15, 0.2) is 0 Å². The van der Waals surface area contributed by atoms with Crippen molar-refractivity contribution in [3.63, 3.8) is 0 Å². The van der Waals surface area contributed by atoms with Gasteiger partial charge in [0.05, 0.1) is 25.4 Å². The Morgan fingerprint density at radius 1 is 1.00 bits per heavy atom. The van der Waals surface area contributed by atoms with Crippen LogP contribution in [-0.4, -0.2) is 47.8 Å². The Morgan fingerprint density at radius 3 is 2.21 bits per heavy atom. The minimum Gasteiger partial charge on any atom is -0.481 e. The van der Waals surface area contributed by atoms with Gasteiger partial charge >= 0.3 is 12.1 Å². The van der Waals surface area contributed by atoms with E-state index in [4.69, 9.17) is 9.47 Å². The number of carbonyl (C=O) groups is 3. The molecule has 0 radical (unpaired) electrons. The smallest absolute Gasteiger partial charge is 0.407 e. The number of hydrogen-bond donors (Lipinski definition) is 3. The van der Waals surface area contributed by atoms with Gasteiger partial charge in [-0.25, -0.2) is 9.78 Å². The number of aliphatic carboxylic acids is 1. The van der Waals surface area contributed by atoms with Crippen molar-refractivity contribution < 1.29 is 29.0 Å². The average molecular weight is 461 g/mol. The number of methoxy groups -OCH3 is 1. The fourth-order valence-electron chi connectivity index (χ4n) is 3.97. The van der Waals surface area contributed by atoms with Gasteiger partial charge in [0.25, 0.3) is 0 Å². The number of nitrogens with one attached hydrogen (secondary N) is 2. The standard InChI is InChI=1S/C25H23N3O6/c1-33-22-11-10-15(13-26-22)27-24(31)21(12-23(29)30)28-25(32)34-14-20-18-8-4-2-6-16(18)17-7-3-5-9-19(17)20/h2-11,13,20-21H,12,14H2,1H3,(H,27,31)(H,28,32)(H,29,30). The molecular formula is C25H23N3O6. The number of rotatable bonds is 8. The molecule has 1 aromatic heterocycles. The van der Waals surface area contributed by atoms with Crippen LogP contribution in [0, 0.1) is 0 Å². The molecule has 2 amide bonds. The lowest BCUT2D eigenvalue weighted by Gasteiger charge is -2.18. The van der Waals surface area contributed by atoms with E-state index in [0.717, 1.165) is 22.3 Å². The number of pyridine rings is 1. The number of carboxylic acids is 1. The third-order valence-corrected chi connectivity index (χ3v) is 5.54. The molecule has 9 nitrogen and oxygen atoms in total. The van der Waals surface area contributed by atoms with E-state index in [1.54, 1.807) is 12.1 Å². The number of nitrogens with zero attached hydrogens (tertiary/aromatic N) is 1. The third kappa shape index (κ3) is 4.98. The largest absolute Gasteiger partial charge is 0.481 e. The number of hydrogen-bond acceptors (Lipinski definition) is 6. The first-order valence-corrected chi connectivity index (χ1v) is 10.6. The van der Waals surface area contributed by atoms with E-state index < -0.39 is 30.4 Å². The summed E-state index contributed by atoms with van der Waals surface area (Å²) in [7, 11) is 1.46. The van der Waals surface area contributed by atoms with Crippen LogP contribution in [0.4, 0.5) is 10.5 Å². The lowest BCUT2D eigenvalue weighted by atomic mass is 9.98. The van der Waals surface area contributed by atoms with Gasteiger partial charge in [0.2, 0.25) is 11.8 Å². The number of benzene rings is 2. The van der Waals surface area contributed by atoms with E-state index in [-0.39, 0.29) is 12.5 Å². The van der Waals surface area contributed by atoms with E-state index in [1.165, 1.54) is 13.3 Å². The molecule has 9 heteroatoms. The van der Waals surface area contributed by atoms with Crippen molar-refractivity contribution in [1.29, 1.82) is 0 Å². The van der Waals surface area contributed by atoms with Gasteiger partial charge in [-0.15, -0.1) is 0 Å². The van der Waals surface area contributed by atoms with Gasteiger partial charge < -0.3 is 25.2 Å². The molecule has 2 aromatic carbocycles. The SMILES string of the molecule is COc1ccc(NC(=O)C(CC(=O)O)NC(=O)OCC2c3ccccc3-c3ccccc32)cn1. The molecule has 0 saturated carbocycles. The first-order chi connectivity index (χ1) is 16.5. The minimum atomic E-state index is -1.34. The summed E-state index contributed by atoms with van der Waals surface area (Å²) in [5, 5.41) is 14.1. The normalized spacial score (nSPS) is 12.7. The van der Waals surface area contributed by atoms with Crippen LogP contribution >= 0.6 is 0 Å². The summed E-state index contributed by atoms with van der Waals surface area (Å²) < 4.78 is 10.4. The second-order valence-electron chi connectivity index (χ2n) is 7.70. The lowest BCUT2D eigenvalue weighted by molar-refractivity contribution is -0.139. The molecule has 3 N–H and O–H groups in total. The zero-order valence-corrected chi connectivity index (χ0v) is 18.4. The number of fused-ring (bicyclic) bond motifs is 3. The van der Waals surface area contributed by atoms with E-state index in [2.05, 4.69) is 15.6 Å². The van der Waals surface area contributed by atoms with Crippen LogP contribution in [0.3, 0.4) is 0 Å². The van der Waals surface area contributed by atoms with E-state index in [1.807, 2.05) is 48.5 Å². The maximum absolute atomic E-state index is 12.6. The van der Waals surface area contributed by atoms with Crippen LogP contribution in [0.5, 0.6) is 5.88 Å². The number of ether oxygens (including phenoxy) is 2. The van der Waals surface area contributed by atoms with Crippen LogP contribution in [-0.2, 0) is 14.3 Å². The minimum absolute atomic E-state index is 0.0453. The quantitative estimate of drug-likeness (QED) is 0.469. The third-order valence-electron chi connectivity index (χ3n) is 5.54. The van der Waals surface area contributed by atoms with E-state index >= 15 is 0 Å². The predicted molar refractivity (Wildman–Crippen MR) is 124 cm³/mol. The summed E-state index contributed by atoms with van der Waals surface area (Å²) in [5.41, 5.74) is 4.59. The first kappa shape index (κ1) is 22.8. The second-order valence-corrected chi connectivity index (χ2v) is 7.70. The van der Waals surface area contributed by atoms with Crippen LogP contribution in [0.1, 0.15) is 23.5 Å². The maximum atomic E-state index is 12.6. The highest BCUT2D eigenvalue weighted by Gasteiger charge is 2.30. The molecule has 0 aliphatic heterocycles. The van der Waals surface area contributed by atoms with Crippen molar-refractivity contribution in [2.75, 3.05) is 19.0 Å². The molecule has 0 bridgehead atoms. The Kier molecular flexibility index (Phi) is 6.72. The van der Waals surface area contributed by atoms with Gasteiger partial charge in [-0.1, -0.05) is 48.5 Å². The van der Waals surface area contributed by atoms with Gasteiger partial charge in [-0.05, 0) is 28.3 Å². The Balaban J connectivity index is 1.41. The number of alkyl carbamates (subject to hydrolysis) is 1. The van der Waals surface area contributed by atoms with Gasteiger partial charge in [-0.3, -0.25) is 9.59 Å². The summed E-state index contributed by atoms with van der Waals surface area (Å²) in [5.74, 6) is -1.75. The maximum Gasteiger partial charge on any atom is 0.407 e. The summed E-state index contributed by atoms with van der Waals surface area (Å²) >= 11 is 0. The van der Waals surface area contributed by atoms with E-state index in [0.29, 0.717) is 11.6 Å². The summed E-state index contributed by atoms with van der Waals surface area (Å²) in [6.45, 7) is 0.0453. The number of anilines is 1. The van der Waals surface area contributed by atoms with Crippen LogP contribution in [0.25, 0.3) is 11.1 Å². The average Bonchev–Trinajstić information content (AvgIpc) is 3.16. The van der Waals surface area contributed by atoms with Crippen LogP contribution < -0.4 is 15.4 Å². The van der Waals surface area contributed by atoms with Crippen molar-refractivity contribution in [3.8, 4) is 17.0 Å².